The first-order valence-electron chi connectivity index (χ1n) is 38.4. The van der Waals surface area contributed by atoms with Crippen LogP contribution in [0.1, 0.15) is 361 Å². The number of allylic oxidation sites excluding steroid dienone is 24. The van der Waals surface area contributed by atoms with E-state index in [-0.39, 0.29) is 25.2 Å². The molecule has 0 aliphatic carbocycles. The molecule has 0 bridgehead atoms. The van der Waals surface area contributed by atoms with Gasteiger partial charge in [0.1, 0.15) is 6.61 Å². The van der Waals surface area contributed by atoms with Gasteiger partial charge in [-0.05, 0) is 122 Å². The number of carbonyl (C=O) groups is 2. The van der Waals surface area contributed by atoms with Crippen LogP contribution in [0.2, 0.25) is 0 Å². The van der Waals surface area contributed by atoms with Crippen molar-refractivity contribution in [3.8, 4) is 0 Å². The van der Waals surface area contributed by atoms with Gasteiger partial charge >= 0.3 is 11.9 Å². The molecule has 90 heavy (non-hydrogen) atoms. The van der Waals surface area contributed by atoms with Crippen LogP contribution in [-0.2, 0) is 19.1 Å². The Kier molecular flexibility index (Phi) is 75.3. The summed E-state index contributed by atoms with van der Waals surface area (Å²) >= 11 is 0. The maximum atomic E-state index is 12.4. The molecule has 0 saturated heterocycles. The van der Waals surface area contributed by atoms with Gasteiger partial charge < -0.3 is 14.6 Å². The van der Waals surface area contributed by atoms with E-state index in [0.29, 0.717) is 12.8 Å². The maximum Gasteiger partial charge on any atom is 0.306 e. The maximum absolute atomic E-state index is 12.4. The predicted molar refractivity (Wildman–Crippen MR) is 398 cm³/mol. The van der Waals surface area contributed by atoms with Crippen LogP contribution in [0.5, 0.6) is 0 Å². The van der Waals surface area contributed by atoms with Crippen molar-refractivity contribution in [1.29, 1.82) is 0 Å². The summed E-state index contributed by atoms with van der Waals surface area (Å²) in [5.74, 6) is -0.625. The topological polar surface area (TPSA) is 72.8 Å². The summed E-state index contributed by atoms with van der Waals surface area (Å²) in [6.07, 6.45) is 119. The molecule has 0 aliphatic rings. The van der Waals surface area contributed by atoms with Gasteiger partial charge in [-0.2, -0.15) is 0 Å². The molecule has 0 fully saturated rings. The number of carbonyl (C=O) groups excluding carboxylic acids is 2. The third-order valence-electron chi connectivity index (χ3n) is 16.6. The summed E-state index contributed by atoms with van der Waals surface area (Å²) in [7, 11) is 0. The molecule has 1 unspecified atom stereocenters. The largest absolute Gasteiger partial charge is 0.462 e. The summed E-state index contributed by atoms with van der Waals surface area (Å²) in [5, 5.41) is 9.71. The zero-order valence-electron chi connectivity index (χ0n) is 59.1. The van der Waals surface area contributed by atoms with Crippen LogP contribution in [0.25, 0.3) is 0 Å². The van der Waals surface area contributed by atoms with Crippen LogP contribution in [0.3, 0.4) is 0 Å². The number of hydrogen-bond acceptors (Lipinski definition) is 5. The summed E-state index contributed by atoms with van der Waals surface area (Å²) in [4.78, 5) is 24.7. The molecular weight excluding hydrogens is 1100 g/mol. The first-order valence-corrected chi connectivity index (χ1v) is 38.4. The molecule has 0 rings (SSSR count). The summed E-state index contributed by atoms with van der Waals surface area (Å²) in [6, 6.07) is 0. The van der Waals surface area contributed by atoms with E-state index in [9.17, 15) is 14.7 Å². The lowest BCUT2D eigenvalue weighted by Gasteiger charge is -2.15. The van der Waals surface area contributed by atoms with Crippen LogP contribution < -0.4 is 0 Å². The number of aliphatic hydroxyl groups is 1. The molecule has 0 radical (unpaired) electrons. The van der Waals surface area contributed by atoms with Gasteiger partial charge in [-0.15, -0.1) is 0 Å². The highest BCUT2D eigenvalue weighted by molar-refractivity contribution is 5.70. The quantitative estimate of drug-likeness (QED) is 0.0373. The molecule has 0 saturated carbocycles. The van der Waals surface area contributed by atoms with Crippen LogP contribution in [0.4, 0.5) is 0 Å². The van der Waals surface area contributed by atoms with Gasteiger partial charge in [-0.3, -0.25) is 9.59 Å². The molecule has 0 amide bonds. The number of esters is 2. The van der Waals surface area contributed by atoms with E-state index in [2.05, 4.69) is 160 Å². The van der Waals surface area contributed by atoms with Gasteiger partial charge in [0, 0.05) is 12.8 Å². The molecule has 0 aromatic rings. The zero-order valence-corrected chi connectivity index (χ0v) is 59.1. The lowest BCUT2D eigenvalue weighted by atomic mass is 10.0. The van der Waals surface area contributed by atoms with E-state index in [1.54, 1.807) is 0 Å². The molecule has 0 spiro atoms. The molecule has 5 nitrogen and oxygen atoms in total. The molecule has 514 valence electrons. The highest BCUT2D eigenvalue weighted by Crippen LogP contribution is 2.18. The minimum absolute atomic E-state index is 0.0848. The Bertz CT molecular complexity index is 1850. The monoisotopic (exact) mass is 1250 g/mol. The zero-order chi connectivity index (χ0) is 64.7. The minimum Gasteiger partial charge on any atom is -0.462 e. The average molecular weight is 1250 g/mol. The fourth-order valence-electron chi connectivity index (χ4n) is 10.9. The summed E-state index contributed by atoms with van der Waals surface area (Å²) in [6.45, 7) is 4.03. The second-order valence-corrected chi connectivity index (χ2v) is 25.3. The number of ether oxygens (including phenoxy) is 2. The third-order valence-corrected chi connectivity index (χ3v) is 16.6. The first-order chi connectivity index (χ1) is 44.6. The summed E-state index contributed by atoms with van der Waals surface area (Å²) < 4.78 is 10.7. The normalized spacial score (nSPS) is 13.1. The van der Waals surface area contributed by atoms with Gasteiger partial charge in [-0.25, -0.2) is 0 Å². The van der Waals surface area contributed by atoms with Gasteiger partial charge in [-0.1, -0.05) is 372 Å². The van der Waals surface area contributed by atoms with Crippen molar-refractivity contribution < 1.29 is 24.2 Å². The fourth-order valence-corrected chi connectivity index (χ4v) is 10.9. The van der Waals surface area contributed by atoms with E-state index < -0.39 is 6.10 Å². The SMILES string of the molecule is CC/C=C\C/C=C\C/C=C\C/C=C\C/C=C\C/C=C\C/C=C\C/C=C\C/C=C\C/C=C\C/C=C\CCCCCC(=O)OC(CO)COC(=O)CCCCCCCCCCCCCCCCCCCCCCCCCCCCC/C=C\CCCCCCCCCC. The van der Waals surface area contributed by atoms with Gasteiger partial charge in [0.25, 0.3) is 0 Å². The van der Waals surface area contributed by atoms with E-state index in [1.165, 1.54) is 218 Å². The smallest absolute Gasteiger partial charge is 0.306 e. The van der Waals surface area contributed by atoms with Crippen molar-refractivity contribution >= 4 is 11.9 Å². The summed E-state index contributed by atoms with van der Waals surface area (Å²) in [5.41, 5.74) is 0. The van der Waals surface area contributed by atoms with Gasteiger partial charge in [0.2, 0.25) is 0 Å². The van der Waals surface area contributed by atoms with Crippen molar-refractivity contribution in [2.45, 2.75) is 367 Å². The highest BCUT2D eigenvalue weighted by Gasteiger charge is 2.16. The lowest BCUT2D eigenvalue weighted by molar-refractivity contribution is -0.161. The van der Waals surface area contributed by atoms with E-state index in [1.807, 2.05) is 0 Å². The Balaban J connectivity index is 3.53. The number of rotatable bonds is 70. The van der Waals surface area contributed by atoms with Gasteiger partial charge in [0.15, 0.2) is 6.10 Å². The van der Waals surface area contributed by atoms with Crippen molar-refractivity contribution in [3.05, 3.63) is 146 Å². The van der Waals surface area contributed by atoms with Crippen LogP contribution in [-0.4, -0.2) is 36.4 Å². The van der Waals surface area contributed by atoms with E-state index >= 15 is 0 Å². The molecule has 0 aromatic carbocycles. The molecule has 1 atom stereocenters. The molecule has 0 aliphatic heterocycles. The molecule has 1 N–H and O–H groups in total. The lowest BCUT2D eigenvalue weighted by Crippen LogP contribution is -2.28. The predicted octanol–water partition coefficient (Wildman–Crippen LogP) is 27.2. The average Bonchev–Trinajstić information content (AvgIpc) is 3.62. The minimum atomic E-state index is -0.801. The highest BCUT2D eigenvalue weighted by atomic mass is 16.6. The van der Waals surface area contributed by atoms with Crippen molar-refractivity contribution in [3.63, 3.8) is 0 Å². The number of hydrogen-bond donors (Lipinski definition) is 1. The van der Waals surface area contributed by atoms with E-state index in [4.69, 9.17) is 9.47 Å². The molecule has 5 heteroatoms. The number of unbranched alkanes of at least 4 members (excludes halogenated alkanes) is 38. The Hall–Kier alpha value is -4.22. The molecular formula is C85H144O5. The third kappa shape index (κ3) is 76.2. The van der Waals surface area contributed by atoms with Crippen molar-refractivity contribution in [2.75, 3.05) is 13.2 Å². The Morgan fingerprint density at radius 1 is 0.267 bits per heavy atom. The Morgan fingerprint density at radius 3 is 0.744 bits per heavy atom. The Morgan fingerprint density at radius 2 is 0.478 bits per heavy atom. The standard InChI is InChI=1S/C85H144O5/c1-3-5-7-9-11-13-15-17-19-21-23-25-27-29-31-33-35-37-39-41-42-44-45-47-49-51-53-55-57-59-61-63-65-67-69-71-73-75-77-79-84(87)89-82-83(81-86)90-85(88)80-78-76-74-72-70-68-66-64-62-60-58-56-54-52-50-48-46-43-40-38-36-34-32-30-28-26-24-22-20-18-16-14-12-10-8-6-4-2/h6,8,12,14,18,20-21,23-24,26,30,32,36,38,43,46,50,52,56,58,62,64,68,70,83,86H,3-5,7,9-11,13,15-17,19,22,25,27-29,31,33-35,37,39-42,44-45,47-49,51,53-55,57,59-61,63,65-67,69,71-82H2,1-2H3/b8-6-,14-12-,20-18-,23-21-,26-24-,32-30-,38-36-,46-43-,52-50-,58-56-,64-62-,70-68-. The van der Waals surface area contributed by atoms with Crippen molar-refractivity contribution in [2.24, 2.45) is 0 Å². The second-order valence-electron chi connectivity index (χ2n) is 25.3. The molecule has 0 heterocycles. The van der Waals surface area contributed by atoms with E-state index in [0.717, 1.165) is 116 Å². The second kappa shape index (κ2) is 79.0. The van der Waals surface area contributed by atoms with Crippen molar-refractivity contribution in [1.82, 2.24) is 0 Å². The van der Waals surface area contributed by atoms with Crippen LogP contribution in [0, 0.1) is 0 Å². The first kappa shape index (κ1) is 85.8. The Labute approximate surface area is 558 Å². The van der Waals surface area contributed by atoms with Crippen LogP contribution in [0.15, 0.2) is 146 Å². The number of aliphatic hydroxyl groups excluding tert-OH is 1. The van der Waals surface area contributed by atoms with Gasteiger partial charge in [0.05, 0.1) is 6.61 Å². The fraction of sp³-hybridized carbons (Fsp3) is 0.694. The molecule has 0 aromatic heterocycles. The van der Waals surface area contributed by atoms with Crippen LogP contribution >= 0.6 is 0 Å².